The molecule has 0 aliphatic carbocycles. The minimum atomic E-state index is -4.80. The number of alkyl halides is 3. The van der Waals surface area contributed by atoms with Crippen molar-refractivity contribution in [2.45, 2.75) is 13.1 Å². The van der Waals surface area contributed by atoms with E-state index in [9.17, 15) is 17.7 Å². The maximum atomic E-state index is 12.4. The molecule has 94 valence electrons. The third-order valence-corrected chi connectivity index (χ3v) is 2.25. The van der Waals surface area contributed by atoms with Crippen molar-refractivity contribution in [3.05, 3.63) is 41.2 Å². The molecule has 0 radical (unpaired) electrons. The van der Waals surface area contributed by atoms with Gasteiger partial charge < -0.3 is 9.42 Å². The SMILES string of the molecule is Cc1ccc(/C=C(/O[PH](=O)O)C(F)(F)F)cc1. The lowest BCUT2D eigenvalue weighted by molar-refractivity contribution is -0.115. The first-order valence-corrected chi connectivity index (χ1v) is 5.82. The Kier molecular flexibility index (Phi) is 4.37. The van der Waals surface area contributed by atoms with Crippen LogP contribution in [0.1, 0.15) is 11.1 Å². The lowest BCUT2D eigenvalue weighted by atomic mass is 10.1. The van der Waals surface area contributed by atoms with Gasteiger partial charge in [0.05, 0.1) is 0 Å². The molecular formula is C10H10F3O3P. The van der Waals surface area contributed by atoms with Gasteiger partial charge in [0.25, 0.3) is 0 Å². The number of aryl methyl sites for hydroxylation is 1. The van der Waals surface area contributed by atoms with Crippen LogP contribution in [0.5, 0.6) is 0 Å². The van der Waals surface area contributed by atoms with Gasteiger partial charge in [-0.05, 0) is 18.6 Å². The Morgan fingerprint density at radius 2 is 1.88 bits per heavy atom. The third kappa shape index (κ3) is 4.63. The highest BCUT2D eigenvalue weighted by atomic mass is 31.1. The normalized spacial score (nSPS) is 14.5. The van der Waals surface area contributed by atoms with Crippen LogP contribution in [0.25, 0.3) is 6.08 Å². The molecule has 7 heteroatoms. The molecule has 0 aliphatic rings. The largest absolute Gasteiger partial charge is 0.449 e. The molecule has 0 fully saturated rings. The van der Waals surface area contributed by atoms with Crippen molar-refractivity contribution in [2.24, 2.45) is 0 Å². The van der Waals surface area contributed by atoms with Gasteiger partial charge in [0.2, 0.25) is 5.76 Å². The smallest absolute Gasteiger partial charge is 0.421 e. The topological polar surface area (TPSA) is 46.5 Å². The fourth-order valence-corrected chi connectivity index (χ4v) is 1.44. The molecule has 0 amide bonds. The predicted molar refractivity (Wildman–Crippen MR) is 57.5 cm³/mol. The van der Waals surface area contributed by atoms with Crippen LogP contribution < -0.4 is 0 Å². The Bertz CT molecular complexity index is 437. The molecule has 1 rings (SSSR count). The molecule has 17 heavy (non-hydrogen) atoms. The highest BCUT2D eigenvalue weighted by Gasteiger charge is 2.36. The van der Waals surface area contributed by atoms with E-state index in [-0.39, 0.29) is 5.56 Å². The number of hydrogen-bond acceptors (Lipinski definition) is 2. The first-order chi connectivity index (χ1) is 7.79. The maximum absolute atomic E-state index is 12.4. The Morgan fingerprint density at radius 1 is 1.35 bits per heavy atom. The van der Waals surface area contributed by atoms with Crippen molar-refractivity contribution in [3.8, 4) is 0 Å². The second-order valence-electron chi connectivity index (χ2n) is 3.29. The van der Waals surface area contributed by atoms with Crippen molar-refractivity contribution in [1.82, 2.24) is 0 Å². The molecule has 3 nitrogen and oxygen atoms in total. The van der Waals surface area contributed by atoms with Gasteiger partial charge in [-0.2, -0.15) is 13.2 Å². The van der Waals surface area contributed by atoms with Crippen molar-refractivity contribution in [3.63, 3.8) is 0 Å². The highest BCUT2D eigenvalue weighted by Crippen LogP contribution is 2.34. The van der Waals surface area contributed by atoms with Gasteiger partial charge in [-0.3, -0.25) is 0 Å². The molecule has 0 aromatic heterocycles. The zero-order chi connectivity index (χ0) is 13.1. The summed E-state index contributed by atoms with van der Waals surface area (Å²) in [5.74, 6) is -1.48. The number of halogens is 3. The minimum Gasteiger partial charge on any atom is -0.421 e. The molecule has 1 aromatic rings. The number of allylic oxidation sites excluding steroid dienone is 1. The summed E-state index contributed by atoms with van der Waals surface area (Å²) in [6.45, 7) is 1.79. The zero-order valence-electron chi connectivity index (χ0n) is 8.78. The summed E-state index contributed by atoms with van der Waals surface area (Å²) < 4.78 is 51.5. The number of rotatable bonds is 3. The van der Waals surface area contributed by atoms with Gasteiger partial charge in [0.1, 0.15) is 0 Å². The van der Waals surface area contributed by atoms with Crippen LogP contribution in [0.4, 0.5) is 13.2 Å². The fourth-order valence-electron chi connectivity index (χ4n) is 1.08. The summed E-state index contributed by atoms with van der Waals surface area (Å²) in [5, 5.41) is 0. The van der Waals surface area contributed by atoms with E-state index in [1.807, 2.05) is 0 Å². The summed E-state index contributed by atoms with van der Waals surface area (Å²) in [6, 6.07) is 6.17. The highest BCUT2D eigenvalue weighted by molar-refractivity contribution is 7.32. The number of benzene rings is 1. The molecular weight excluding hydrogens is 256 g/mol. The van der Waals surface area contributed by atoms with E-state index in [2.05, 4.69) is 4.52 Å². The zero-order valence-corrected chi connectivity index (χ0v) is 9.78. The summed E-state index contributed by atoms with van der Waals surface area (Å²) in [4.78, 5) is 8.39. The van der Waals surface area contributed by atoms with Crippen molar-refractivity contribution >= 4 is 14.3 Å². The standard InChI is InChI=1S/C10H10F3O3P/c1-7-2-4-8(5-3-7)6-9(10(11,12)13)16-17(14)15/h2-6,17H,1H3,(H,14,15)/b9-6+. The van der Waals surface area contributed by atoms with Gasteiger partial charge in [-0.15, -0.1) is 0 Å². The Balaban J connectivity index is 3.05. The lowest BCUT2D eigenvalue weighted by Gasteiger charge is -2.10. The first kappa shape index (κ1) is 13.8. The van der Waals surface area contributed by atoms with Crippen molar-refractivity contribution in [2.75, 3.05) is 0 Å². The van der Waals surface area contributed by atoms with Crippen LogP contribution in [0.15, 0.2) is 30.0 Å². The predicted octanol–water partition coefficient (Wildman–Crippen LogP) is 3.30. The van der Waals surface area contributed by atoms with E-state index in [0.717, 1.165) is 5.56 Å². The maximum Gasteiger partial charge on any atom is 0.449 e. The molecule has 1 aromatic carbocycles. The van der Waals surface area contributed by atoms with Crippen LogP contribution in [-0.2, 0) is 9.09 Å². The van der Waals surface area contributed by atoms with E-state index in [1.54, 1.807) is 19.1 Å². The molecule has 0 saturated carbocycles. The Hall–Kier alpha value is -1.26. The summed E-state index contributed by atoms with van der Waals surface area (Å²) in [5.41, 5.74) is 1.14. The van der Waals surface area contributed by atoms with Gasteiger partial charge in [-0.1, -0.05) is 29.8 Å². The Morgan fingerprint density at radius 3 is 2.29 bits per heavy atom. The van der Waals surface area contributed by atoms with Gasteiger partial charge >= 0.3 is 14.4 Å². The second-order valence-corrected chi connectivity index (χ2v) is 4.02. The Labute approximate surface area is 96.5 Å². The van der Waals surface area contributed by atoms with Crippen LogP contribution in [0.3, 0.4) is 0 Å². The van der Waals surface area contributed by atoms with E-state index in [0.29, 0.717) is 6.08 Å². The first-order valence-electron chi connectivity index (χ1n) is 4.55. The van der Waals surface area contributed by atoms with E-state index in [1.165, 1.54) is 12.1 Å². The van der Waals surface area contributed by atoms with Gasteiger partial charge in [0.15, 0.2) is 0 Å². The van der Waals surface area contributed by atoms with E-state index < -0.39 is 20.2 Å². The summed E-state index contributed by atoms with van der Waals surface area (Å²) >= 11 is 0. The molecule has 1 unspecified atom stereocenters. The average Bonchev–Trinajstić information content (AvgIpc) is 2.18. The quantitative estimate of drug-likeness (QED) is 0.674. The minimum absolute atomic E-state index is 0.242. The lowest BCUT2D eigenvalue weighted by Crippen LogP contribution is -2.12. The fraction of sp³-hybridized carbons (Fsp3) is 0.200. The summed E-state index contributed by atoms with van der Waals surface area (Å²) in [7, 11) is -3.68. The molecule has 0 aliphatic heterocycles. The third-order valence-electron chi connectivity index (χ3n) is 1.85. The van der Waals surface area contributed by atoms with Crippen molar-refractivity contribution in [1.29, 1.82) is 0 Å². The average molecular weight is 266 g/mol. The van der Waals surface area contributed by atoms with Gasteiger partial charge in [-0.25, -0.2) is 4.57 Å². The molecule has 0 heterocycles. The molecule has 0 spiro atoms. The second kappa shape index (κ2) is 5.38. The summed E-state index contributed by atoms with van der Waals surface area (Å²) in [6.07, 6.45) is -4.12. The monoisotopic (exact) mass is 266 g/mol. The molecule has 1 N–H and O–H groups in total. The molecule has 1 atom stereocenters. The van der Waals surface area contributed by atoms with E-state index in [4.69, 9.17) is 4.89 Å². The van der Waals surface area contributed by atoms with Gasteiger partial charge in [0, 0.05) is 0 Å². The van der Waals surface area contributed by atoms with Crippen LogP contribution in [-0.4, -0.2) is 11.1 Å². The molecule has 0 saturated heterocycles. The number of hydrogen-bond donors (Lipinski definition) is 1. The van der Waals surface area contributed by atoms with Crippen LogP contribution in [0.2, 0.25) is 0 Å². The van der Waals surface area contributed by atoms with E-state index >= 15 is 0 Å². The van der Waals surface area contributed by atoms with Crippen molar-refractivity contribution < 1.29 is 27.2 Å². The van der Waals surface area contributed by atoms with Crippen LogP contribution in [0, 0.1) is 6.92 Å². The van der Waals surface area contributed by atoms with Crippen LogP contribution >= 0.6 is 8.25 Å². The molecule has 0 bridgehead atoms.